The molecule has 23 heavy (non-hydrogen) atoms. The molecule has 0 radical (unpaired) electrons. The Bertz CT molecular complexity index is 521. The number of likely N-dealkylation sites (tertiary alicyclic amines) is 1. The van der Waals surface area contributed by atoms with Crippen LogP contribution in [0.5, 0.6) is 0 Å². The SMILES string of the molecule is CN1CCCC1CCOC(=O)N[C@@H](Cc1ccccc1)C(=O)O. The highest BCUT2D eigenvalue weighted by Gasteiger charge is 2.23. The van der Waals surface area contributed by atoms with Gasteiger partial charge in [-0.05, 0) is 38.4 Å². The lowest BCUT2D eigenvalue weighted by molar-refractivity contribution is -0.139. The Hall–Kier alpha value is -2.08. The zero-order chi connectivity index (χ0) is 16.7. The van der Waals surface area contributed by atoms with Gasteiger partial charge in [-0.15, -0.1) is 0 Å². The van der Waals surface area contributed by atoms with Crippen molar-refractivity contribution in [2.24, 2.45) is 0 Å². The second-order valence-corrected chi connectivity index (χ2v) is 5.93. The van der Waals surface area contributed by atoms with E-state index >= 15 is 0 Å². The fraction of sp³-hybridized carbons (Fsp3) is 0.529. The van der Waals surface area contributed by atoms with E-state index < -0.39 is 18.1 Å². The number of nitrogens with one attached hydrogen (secondary N) is 1. The molecule has 2 rings (SSSR count). The number of amides is 1. The van der Waals surface area contributed by atoms with E-state index in [-0.39, 0.29) is 6.42 Å². The van der Waals surface area contributed by atoms with E-state index in [0.717, 1.165) is 24.9 Å². The summed E-state index contributed by atoms with van der Waals surface area (Å²) in [6, 6.07) is 8.66. The smallest absolute Gasteiger partial charge is 0.407 e. The number of carboxylic acid groups (broad SMARTS) is 1. The van der Waals surface area contributed by atoms with Crippen LogP contribution in [0.4, 0.5) is 4.79 Å². The Kier molecular flexibility index (Phi) is 6.40. The van der Waals surface area contributed by atoms with Gasteiger partial charge in [0, 0.05) is 12.5 Å². The summed E-state index contributed by atoms with van der Waals surface area (Å²) in [6.45, 7) is 1.38. The van der Waals surface area contributed by atoms with Crippen molar-refractivity contribution < 1.29 is 19.4 Å². The lowest BCUT2D eigenvalue weighted by atomic mass is 10.1. The summed E-state index contributed by atoms with van der Waals surface area (Å²) in [6.07, 6.45) is 2.63. The van der Waals surface area contributed by atoms with Crippen molar-refractivity contribution in [1.82, 2.24) is 10.2 Å². The molecular weight excluding hydrogens is 296 g/mol. The maximum absolute atomic E-state index is 11.8. The van der Waals surface area contributed by atoms with Gasteiger partial charge in [0.2, 0.25) is 0 Å². The van der Waals surface area contributed by atoms with E-state index in [4.69, 9.17) is 4.74 Å². The fourth-order valence-corrected chi connectivity index (χ4v) is 2.87. The third-order valence-corrected chi connectivity index (χ3v) is 4.23. The maximum atomic E-state index is 11.8. The van der Waals surface area contributed by atoms with Gasteiger partial charge in [0.15, 0.2) is 0 Å². The summed E-state index contributed by atoms with van der Waals surface area (Å²) in [5.74, 6) is -1.07. The molecule has 1 aromatic carbocycles. The predicted molar refractivity (Wildman–Crippen MR) is 86.3 cm³/mol. The van der Waals surface area contributed by atoms with Crippen LogP contribution in [0.2, 0.25) is 0 Å². The van der Waals surface area contributed by atoms with Crippen molar-refractivity contribution in [3.63, 3.8) is 0 Å². The molecule has 1 saturated heterocycles. The molecule has 1 fully saturated rings. The monoisotopic (exact) mass is 320 g/mol. The van der Waals surface area contributed by atoms with Gasteiger partial charge in [-0.2, -0.15) is 0 Å². The van der Waals surface area contributed by atoms with E-state index in [1.807, 2.05) is 30.3 Å². The molecule has 6 nitrogen and oxygen atoms in total. The number of nitrogens with zero attached hydrogens (tertiary/aromatic N) is 1. The van der Waals surface area contributed by atoms with E-state index in [2.05, 4.69) is 17.3 Å². The molecule has 1 unspecified atom stereocenters. The second-order valence-electron chi connectivity index (χ2n) is 5.93. The number of hydrogen-bond donors (Lipinski definition) is 2. The number of carbonyl (C=O) groups is 2. The van der Waals surface area contributed by atoms with Gasteiger partial charge in [0.25, 0.3) is 0 Å². The molecule has 0 spiro atoms. The molecule has 2 N–H and O–H groups in total. The first-order valence-electron chi connectivity index (χ1n) is 7.96. The molecule has 1 aliphatic heterocycles. The first kappa shape index (κ1) is 17.3. The minimum Gasteiger partial charge on any atom is -0.480 e. The number of carboxylic acids is 1. The third-order valence-electron chi connectivity index (χ3n) is 4.23. The molecule has 1 aromatic rings. The molecular formula is C17H24N2O4. The number of benzene rings is 1. The van der Waals surface area contributed by atoms with Crippen LogP contribution in [0.3, 0.4) is 0 Å². The van der Waals surface area contributed by atoms with Gasteiger partial charge in [0.05, 0.1) is 6.61 Å². The average molecular weight is 320 g/mol. The highest BCUT2D eigenvalue weighted by atomic mass is 16.5. The molecule has 0 saturated carbocycles. The average Bonchev–Trinajstić information content (AvgIpc) is 2.93. The van der Waals surface area contributed by atoms with Crippen molar-refractivity contribution in [2.75, 3.05) is 20.2 Å². The Balaban J connectivity index is 1.75. The quantitative estimate of drug-likeness (QED) is 0.802. The van der Waals surface area contributed by atoms with Crippen LogP contribution < -0.4 is 5.32 Å². The lowest BCUT2D eigenvalue weighted by Gasteiger charge is -2.19. The normalized spacial score (nSPS) is 19.3. The zero-order valence-electron chi connectivity index (χ0n) is 13.4. The van der Waals surface area contributed by atoms with Crippen LogP contribution in [0.1, 0.15) is 24.8 Å². The Morgan fingerprint density at radius 3 is 2.74 bits per heavy atom. The van der Waals surface area contributed by atoms with Crippen molar-refractivity contribution in [3.8, 4) is 0 Å². The van der Waals surface area contributed by atoms with Crippen LogP contribution in [0, 0.1) is 0 Å². The van der Waals surface area contributed by atoms with Gasteiger partial charge in [0.1, 0.15) is 6.04 Å². The van der Waals surface area contributed by atoms with Gasteiger partial charge in [-0.3, -0.25) is 0 Å². The number of hydrogen-bond acceptors (Lipinski definition) is 4. The summed E-state index contributed by atoms with van der Waals surface area (Å²) < 4.78 is 5.13. The largest absolute Gasteiger partial charge is 0.480 e. The number of carbonyl (C=O) groups excluding carboxylic acids is 1. The van der Waals surface area contributed by atoms with Crippen LogP contribution in [0.15, 0.2) is 30.3 Å². The number of alkyl carbamates (subject to hydrolysis) is 1. The van der Waals surface area contributed by atoms with E-state index in [1.165, 1.54) is 6.42 Å². The molecule has 1 aliphatic rings. The summed E-state index contributed by atoms with van der Waals surface area (Å²) in [5, 5.41) is 11.7. The highest BCUT2D eigenvalue weighted by Crippen LogP contribution is 2.17. The first-order valence-corrected chi connectivity index (χ1v) is 7.96. The maximum Gasteiger partial charge on any atom is 0.407 e. The van der Waals surface area contributed by atoms with Crippen molar-refractivity contribution >= 4 is 12.1 Å². The molecule has 0 aliphatic carbocycles. The first-order chi connectivity index (χ1) is 11.1. The molecule has 126 valence electrons. The minimum atomic E-state index is -1.07. The standard InChI is InChI=1S/C17H24N2O4/c1-19-10-5-8-14(19)9-11-23-17(22)18-15(16(20)21)12-13-6-3-2-4-7-13/h2-4,6-7,14-15H,5,8-12H2,1H3,(H,18,22)(H,20,21)/t14?,15-/m0/s1. The van der Waals surface area contributed by atoms with Crippen LogP contribution in [-0.2, 0) is 16.0 Å². The summed E-state index contributed by atoms with van der Waals surface area (Å²) in [4.78, 5) is 25.3. The van der Waals surface area contributed by atoms with Gasteiger partial charge in [-0.25, -0.2) is 9.59 Å². The summed E-state index contributed by atoms with van der Waals surface area (Å²) in [7, 11) is 2.07. The predicted octanol–water partition coefficient (Wildman–Crippen LogP) is 1.89. The molecule has 0 bridgehead atoms. The van der Waals surface area contributed by atoms with Crippen LogP contribution in [-0.4, -0.2) is 54.4 Å². The molecule has 1 amide bonds. The van der Waals surface area contributed by atoms with Crippen LogP contribution >= 0.6 is 0 Å². The molecule has 1 heterocycles. The van der Waals surface area contributed by atoms with Crippen molar-refractivity contribution in [2.45, 2.75) is 37.8 Å². The third kappa shape index (κ3) is 5.56. The Morgan fingerprint density at radius 1 is 1.39 bits per heavy atom. The van der Waals surface area contributed by atoms with Gasteiger partial charge >= 0.3 is 12.1 Å². The van der Waals surface area contributed by atoms with Crippen LogP contribution in [0.25, 0.3) is 0 Å². The van der Waals surface area contributed by atoms with E-state index in [0.29, 0.717) is 12.6 Å². The second kappa shape index (κ2) is 8.53. The minimum absolute atomic E-state index is 0.233. The van der Waals surface area contributed by atoms with Crippen molar-refractivity contribution in [3.05, 3.63) is 35.9 Å². The summed E-state index contributed by atoms with van der Waals surface area (Å²) in [5.41, 5.74) is 0.854. The van der Waals surface area contributed by atoms with E-state index in [9.17, 15) is 14.7 Å². The topological polar surface area (TPSA) is 78.9 Å². The van der Waals surface area contributed by atoms with Gasteiger partial charge in [-0.1, -0.05) is 30.3 Å². The van der Waals surface area contributed by atoms with Crippen molar-refractivity contribution in [1.29, 1.82) is 0 Å². The number of ether oxygens (including phenoxy) is 1. The van der Waals surface area contributed by atoms with E-state index in [1.54, 1.807) is 0 Å². The Morgan fingerprint density at radius 2 is 2.13 bits per heavy atom. The fourth-order valence-electron chi connectivity index (χ4n) is 2.87. The lowest BCUT2D eigenvalue weighted by Crippen LogP contribution is -2.42. The Labute approximate surface area is 136 Å². The zero-order valence-corrected chi connectivity index (χ0v) is 13.4. The molecule has 2 atom stereocenters. The number of aliphatic carboxylic acids is 1. The molecule has 0 aromatic heterocycles. The summed E-state index contributed by atoms with van der Waals surface area (Å²) >= 11 is 0. The molecule has 6 heteroatoms. The number of rotatable bonds is 7. The highest BCUT2D eigenvalue weighted by molar-refractivity contribution is 5.80. The van der Waals surface area contributed by atoms with Gasteiger partial charge < -0.3 is 20.1 Å².